The molecule has 74 valence electrons. The highest BCUT2D eigenvalue weighted by atomic mass is 19.3. The van der Waals surface area contributed by atoms with E-state index in [1.807, 2.05) is 0 Å². The Kier molecular flexibility index (Phi) is 6.04. The third kappa shape index (κ3) is 6.38. The fraction of sp³-hybridized carbons (Fsp3) is 1.00. The maximum Gasteiger partial charge on any atom is 0.381 e. The number of alkyl halides is 3. The molecule has 12 heavy (non-hydrogen) atoms. The first-order valence-corrected chi connectivity index (χ1v) is 3.27. The molecule has 0 radical (unpaired) electrons. The van der Waals surface area contributed by atoms with Crippen LogP contribution < -0.4 is 0 Å². The lowest BCUT2D eigenvalue weighted by Crippen LogP contribution is -2.27. The quantitative estimate of drug-likeness (QED) is 0.561. The zero-order chi connectivity index (χ0) is 9.45. The third-order valence-corrected chi connectivity index (χ3v) is 0.968. The van der Waals surface area contributed by atoms with Crippen LogP contribution in [-0.4, -0.2) is 39.9 Å². The van der Waals surface area contributed by atoms with E-state index in [1.54, 1.807) is 0 Å². The van der Waals surface area contributed by atoms with Gasteiger partial charge in [0.25, 0.3) is 0 Å². The van der Waals surface area contributed by atoms with Crippen LogP contribution in [0.1, 0.15) is 0 Å². The van der Waals surface area contributed by atoms with E-state index in [2.05, 4.69) is 14.2 Å². The van der Waals surface area contributed by atoms with Gasteiger partial charge in [-0.1, -0.05) is 0 Å². The summed E-state index contributed by atoms with van der Waals surface area (Å²) < 4.78 is 48.1. The molecule has 0 atom stereocenters. The van der Waals surface area contributed by atoms with Crippen LogP contribution in [0.2, 0.25) is 0 Å². The molecule has 0 aromatic heterocycles. The first-order valence-electron chi connectivity index (χ1n) is 3.27. The van der Waals surface area contributed by atoms with Gasteiger partial charge in [-0.15, -0.1) is 0 Å². The van der Waals surface area contributed by atoms with Gasteiger partial charge in [0.05, 0.1) is 13.2 Å². The fourth-order valence-corrected chi connectivity index (χ4v) is 0.455. The van der Waals surface area contributed by atoms with Crippen molar-refractivity contribution in [1.29, 1.82) is 0 Å². The summed E-state index contributed by atoms with van der Waals surface area (Å²) in [5.74, 6) is 0. The van der Waals surface area contributed by atoms with Crippen LogP contribution >= 0.6 is 0 Å². The molecular weight excluding hydrogens is 177 g/mol. The lowest BCUT2D eigenvalue weighted by molar-refractivity contribution is -0.279. The average Bonchev–Trinajstić information content (AvgIpc) is 1.98. The van der Waals surface area contributed by atoms with E-state index >= 15 is 0 Å². The standard InChI is InChI=1S/C6H11F3O3/c1-10-2-3-11-4-6(8,9)12-5-7/h2-5H2,1H3. The summed E-state index contributed by atoms with van der Waals surface area (Å²) in [7, 11) is 1.42. The van der Waals surface area contributed by atoms with E-state index in [1.165, 1.54) is 7.11 Å². The van der Waals surface area contributed by atoms with Crippen molar-refractivity contribution in [2.24, 2.45) is 0 Å². The van der Waals surface area contributed by atoms with Crippen LogP contribution in [0.4, 0.5) is 13.2 Å². The second-order valence-corrected chi connectivity index (χ2v) is 1.94. The average molecular weight is 188 g/mol. The summed E-state index contributed by atoms with van der Waals surface area (Å²) in [6, 6.07) is 0. The SMILES string of the molecule is COCCOCC(F)(F)OCF. The van der Waals surface area contributed by atoms with E-state index in [9.17, 15) is 13.2 Å². The molecule has 0 saturated carbocycles. The predicted molar refractivity (Wildman–Crippen MR) is 34.7 cm³/mol. The number of hydrogen-bond acceptors (Lipinski definition) is 3. The van der Waals surface area contributed by atoms with Gasteiger partial charge in [0.2, 0.25) is 0 Å². The molecule has 0 heterocycles. The van der Waals surface area contributed by atoms with E-state index in [-0.39, 0.29) is 13.2 Å². The number of hydrogen-bond donors (Lipinski definition) is 0. The second kappa shape index (κ2) is 6.22. The van der Waals surface area contributed by atoms with Gasteiger partial charge in [-0.25, -0.2) is 4.39 Å². The van der Waals surface area contributed by atoms with E-state index < -0.39 is 19.6 Å². The fourth-order valence-electron chi connectivity index (χ4n) is 0.455. The summed E-state index contributed by atoms with van der Waals surface area (Å²) >= 11 is 0. The molecule has 3 nitrogen and oxygen atoms in total. The smallest absolute Gasteiger partial charge is 0.381 e. The van der Waals surface area contributed by atoms with Crippen LogP contribution in [-0.2, 0) is 14.2 Å². The minimum Gasteiger partial charge on any atom is -0.382 e. The van der Waals surface area contributed by atoms with Crippen LogP contribution in [0.25, 0.3) is 0 Å². The van der Waals surface area contributed by atoms with Gasteiger partial charge in [-0.2, -0.15) is 8.78 Å². The molecule has 0 aromatic carbocycles. The second-order valence-electron chi connectivity index (χ2n) is 1.94. The zero-order valence-electron chi connectivity index (χ0n) is 6.69. The third-order valence-electron chi connectivity index (χ3n) is 0.968. The van der Waals surface area contributed by atoms with Gasteiger partial charge in [0.15, 0.2) is 6.86 Å². The number of rotatable bonds is 7. The molecule has 6 heteroatoms. The molecule has 0 aromatic rings. The first kappa shape index (κ1) is 11.7. The van der Waals surface area contributed by atoms with Crippen LogP contribution in [0, 0.1) is 0 Å². The molecule has 0 unspecified atom stereocenters. The molecule has 0 aliphatic heterocycles. The highest BCUT2D eigenvalue weighted by Gasteiger charge is 2.30. The molecule has 0 bridgehead atoms. The number of ether oxygens (including phenoxy) is 3. The van der Waals surface area contributed by atoms with Crippen molar-refractivity contribution < 1.29 is 27.4 Å². The molecule has 0 rings (SSSR count). The highest BCUT2D eigenvalue weighted by molar-refractivity contribution is 4.48. The summed E-state index contributed by atoms with van der Waals surface area (Å²) in [5, 5.41) is 0. The van der Waals surface area contributed by atoms with E-state index in [0.29, 0.717) is 0 Å². The minimum absolute atomic E-state index is 0.0295. The van der Waals surface area contributed by atoms with Gasteiger partial charge < -0.3 is 9.47 Å². The Morgan fingerprint density at radius 1 is 1.25 bits per heavy atom. The molecule has 0 spiro atoms. The van der Waals surface area contributed by atoms with Crippen molar-refractivity contribution in [2.45, 2.75) is 6.11 Å². The lowest BCUT2D eigenvalue weighted by atomic mass is 10.6. The monoisotopic (exact) mass is 188 g/mol. The Bertz CT molecular complexity index is 110. The van der Waals surface area contributed by atoms with Crippen molar-refractivity contribution in [1.82, 2.24) is 0 Å². The van der Waals surface area contributed by atoms with Crippen molar-refractivity contribution in [2.75, 3.05) is 33.8 Å². The summed E-state index contributed by atoms with van der Waals surface area (Å²) in [4.78, 5) is 0. The van der Waals surface area contributed by atoms with E-state index in [0.717, 1.165) is 0 Å². The molecule has 0 N–H and O–H groups in total. The molecule has 0 amide bonds. The van der Waals surface area contributed by atoms with Crippen molar-refractivity contribution in [3.63, 3.8) is 0 Å². The van der Waals surface area contributed by atoms with Crippen LogP contribution in [0.15, 0.2) is 0 Å². The highest BCUT2D eigenvalue weighted by Crippen LogP contribution is 2.15. The maximum absolute atomic E-state index is 12.2. The topological polar surface area (TPSA) is 27.7 Å². The van der Waals surface area contributed by atoms with Crippen LogP contribution in [0.3, 0.4) is 0 Å². The van der Waals surface area contributed by atoms with Gasteiger partial charge in [-0.3, -0.25) is 4.74 Å². The summed E-state index contributed by atoms with van der Waals surface area (Å²) in [5.41, 5.74) is 0. The Hall–Kier alpha value is -0.330. The van der Waals surface area contributed by atoms with Gasteiger partial charge in [0, 0.05) is 7.11 Å². The van der Waals surface area contributed by atoms with Crippen molar-refractivity contribution >= 4 is 0 Å². The molecule has 0 aliphatic rings. The minimum atomic E-state index is -3.55. The van der Waals surface area contributed by atoms with E-state index in [4.69, 9.17) is 0 Å². The van der Waals surface area contributed by atoms with Gasteiger partial charge in [-0.05, 0) is 0 Å². The summed E-state index contributed by atoms with van der Waals surface area (Å²) in [6.07, 6.45) is -3.55. The van der Waals surface area contributed by atoms with Crippen molar-refractivity contribution in [3.05, 3.63) is 0 Å². The Morgan fingerprint density at radius 2 is 1.92 bits per heavy atom. The number of halogens is 3. The van der Waals surface area contributed by atoms with Gasteiger partial charge >= 0.3 is 6.11 Å². The lowest BCUT2D eigenvalue weighted by Gasteiger charge is -2.14. The van der Waals surface area contributed by atoms with Crippen LogP contribution in [0.5, 0.6) is 0 Å². The summed E-state index contributed by atoms with van der Waals surface area (Å²) in [6.45, 7) is -2.24. The Morgan fingerprint density at radius 3 is 2.42 bits per heavy atom. The van der Waals surface area contributed by atoms with Crippen molar-refractivity contribution in [3.8, 4) is 0 Å². The first-order chi connectivity index (χ1) is 5.62. The Balaban J connectivity index is 3.33. The Labute approximate surface area is 68.4 Å². The van der Waals surface area contributed by atoms with Gasteiger partial charge in [0.1, 0.15) is 6.61 Å². The maximum atomic E-state index is 12.2. The molecule has 0 fully saturated rings. The zero-order valence-corrected chi connectivity index (χ0v) is 6.69. The molecular formula is C6H11F3O3. The molecule has 0 saturated heterocycles. The predicted octanol–water partition coefficient (Wildman–Crippen LogP) is 1.19. The largest absolute Gasteiger partial charge is 0.382 e. The normalized spacial score (nSPS) is 12.0. The number of methoxy groups -OCH3 is 1. The molecule has 0 aliphatic carbocycles.